The van der Waals surface area contributed by atoms with Gasteiger partial charge < -0.3 is 0 Å². The first-order chi connectivity index (χ1) is 9.70. The standard InChI is InChI=1S/C16H18ClNO2S/c1-10-7-12(3)16(13(4)8-10)18-21(19,20)14-5-6-15(17)11(2)9-14/h5-9,18H,1-4H3. The Kier molecular flexibility index (Phi) is 4.30. The van der Waals surface area contributed by atoms with Gasteiger partial charge in [-0.05, 0) is 62.6 Å². The third kappa shape index (κ3) is 3.39. The molecule has 112 valence electrons. The second kappa shape index (κ2) is 5.70. The summed E-state index contributed by atoms with van der Waals surface area (Å²) >= 11 is 5.94. The number of benzene rings is 2. The average molecular weight is 324 g/mol. The van der Waals surface area contributed by atoms with Gasteiger partial charge in [0, 0.05) is 5.02 Å². The minimum Gasteiger partial charge on any atom is -0.279 e. The number of nitrogens with one attached hydrogen (secondary N) is 1. The van der Waals surface area contributed by atoms with E-state index in [1.54, 1.807) is 19.1 Å². The van der Waals surface area contributed by atoms with Crippen molar-refractivity contribution in [1.82, 2.24) is 0 Å². The van der Waals surface area contributed by atoms with Crippen LogP contribution in [-0.4, -0.2) is 8.42 Å². The lowest BCUT2D eigenvalue weighted by atomic mass is 10.1. The molecule has 0 aliphatic heterocycles. The zero-order chi connectivity index (χ0) is 15.8. The Labute approximate surface area is 131 Å². The molecule has 21 heavy (non-hydrogen) atoms. The molecule has 0 spiro atoms. The topological polar surface area (TPSA) is 46.2 Å². The first-order valence-corrected chi connectivity index (χ1v) is 8.43. The lowest BCUT2D eigenvalue weighted by Crippen LogP contribution is -2.15. The normalized spacial score (nSPS) is 11.5. The van der Waals surface area contributed by atoms with Crippen molar-refractivity contribution >= 4 is 27.3 Å². The SMILES string of the molecule is Cc1cc(C)c(NS(=O)(=O)c2ccc(Cl)c(C)c2)c(C)c1. The molecule has 0 bridgehead atoms. The molecule has 0 saturated carbocycles. The molecule has 0 aromatic heterocycles. The van der Waals surface area contributed by atoms with Crippen LogP contribution in [0.4, 0.5) is 5.69 Å². The number of anilines is 1. The molecular formula is C16H18ClNO2S. The molecular weight excluding hydrogens is 306 g/mol. The smallest absolute Gasteiger partial charge is 0.261 e. The van der Waals surface area contributed by atoms with Crippen LogP contribution in [0.1, 0.15) is 22.3 Å². The maximum absolute atomic E-state index is 12.5. The minimum atomic E-state index is -3.62. The Balaban J connectivity index is 2.44. The van der Waals surface area contributed by atoms with E-state index in [0.717, 1.165) is 22.3 Å². The number of hydrogen-bond acceptors (Lipinski definition) is 2. The summed E-state index contributed by atoms with van der Waals surface area (Å²) < 4.78 is 27.7. The summed E-state index contributed by atoms with van der Waals surface area (Å²) in [5, 5.41) is 0.552. The average Bonchev–Trinajstić information content (AvgIpc) is 2.37. The summed E-state index contributed by atoms with van der Waals surface area (Å²) in [5.74, 6) is 0. The molecule has 0 amide bonds. The molecule has 0 heterocycles. The molecule has 0 aliphatic carbocycles. The largest absolute Gasteiger partial charge is 0.279 e. The summed E-state index contributed by atoms with van der Waals surface area (Å²) in [6, 6.07) is 8.59. The molecule has 0 atom stereocenters. The van der Waals surface area contributed by atoms with E-state index in [4.69, 9.17) is 11.6 Å². The molecule has 3 nitrogen and oxygen atoms in total. The highest BCUT2D eigenvalue weighted by molar-refractivity contribution is 7.92. The molecule has 5 heteroatoms. The maximum Gasteiger partial charge on any atom is 0.261 e. The fraction of sp³-hybridized carbons (Fsp3) is 0.250. The van der Waals surface area contributed by atoms with E-state index >= 15 is 0 Å². The molecule has 2 rings (SSSR count). The van der Waals surface area contributed by atoms with Crippen LogP contribution in [0.5, 0.6) is 0 Å². The Morgan fingerprint density at radius 3 is 2.00 bits per heavy atom. The quantitative estimate of drug-likeness (QED) is 0.911. The summed E-state index contributed by atoms with van der Waals surface area (Å²) in [6.07, 6.45) is 0. The fourth-order valence-corrected chi connectivity index (χ4v) is 3.72. The predicted molar refractivity (Wildman–Crippen MR) is 87.7 cm³/mol. The number of aryl methyl sites for hydroxylation is 4. The lowest BCUT2D eigenvalue weighted by Gasteiger charge is -2.14. The number of sulfonamides is 1. The summed E-state index contributed by atoms with van der Waals surface area (Å²) in [7, 11) is -3.62. The molecule has 0 radical (unpaired) electrons. The second-order valence-corrected chi connectivity index (χ2v) is 7.38. The summed E-state index contributed by atoms with van der Waals surface area (Å²) in [6.45, 7) is 7.56. The first-order valence-electron chi connectivity index (χ1n) is 6.57. The minimum absolute atomic E-state index is 0.212. The molecule has 2 aromatic carbocycles. The summed E-state index contributed by atoms with van der Waals surface area (Å²) in [5.41, 5.74) is 4.28. The van der Waals surface area contributed by atoms with Gasteiger partial charge in [0.05, 0.1) is 10.6 Å². The molecule has 0 fully saturated rings. The van der Waals surface area contributed by atoms with Crippen molar-refractivity contribution < 1.29 is 8.42 Å². The van der Waals surface area contributed by atoms with Crippen LogP contribution in [0.25, 0.3) is 0 Å². The van der Waals surface area contributed by atoms with E-state index in [1.165, 1.54) is 6.07 Å². The second-order valence-electron chi connectivity index (χ2n) is 5.29. The lowest BCUT2D eigenvalue weighted by molar-refractivity contribution is 0.601. The van der Waals surface area contributed by atoms with Crippen molar-refractivity contribution in [1.29, 1.82) is 0 Å². The van der Waals surface area contributed by atoms with Gasteiger partial charge in [0.15, 0.2) is 0 Å². The van der Waals surface area contributed by atoms with Crippen LogP contribution in [0.3, 0.4) is 0 Å². The third-order valence-corrected chi connectivity index (χ3v) is 5.12. The first kappa shape index (κ1) is 15.9. The van der Waals surface area contributed by atoms with Crippen LogP contribution < -0.4 is 4.72 Å². The molecule has 1 N–H and O–H groups in total. The van der Waals surface area contributed by atoms with E-state index in [2.05, 4.69) is 4.72 Å². The molecule has 2 aromatic rings. The molecule has 0 saturated heterocycles. The van der Waals surface area contributed by atoms with Crippen LogP contribution in [0, 0.1) is 27.7 Å². The van der Waals surface area contributed by atoms with Gasteiger partial charge in [-0.25, -0.2) is 8.42 Å². The monoisotopic (exact) mass is 323 g/mol. The van der Waals surface area contributed by atoms with Gasteiger partial charge in [-0.1, -0.05) is 29.3 Å². The fourth-order valence-electron chi connectivity index (χ4n) is 2.32. The van der Waals surface area contributed by atoms with Crippen molar-refractivity contribution in [3.63, 3.8) is 0 Å². The highest BCUT2D eigenvalue weighted by Gasteiger charge is 2.17. The van der Waals surface area contributed by atoms with Crippen molar-refractivity contribution in [2.24, 2.45) is 0 Å². The highest BCUT2D eigenvalue weighted by atomic mass is 35.5. The van der Waals surface area contributed by atoms with E-state index in [0.29, 0.717) is 10.7 Å². The summed E-state index contributed by atoms with van der Waals surface area (Å²) in [4.78, 5) is 0.212. The van der Waals surface area contributed by atoms with E-state index in [1.807, 2.05) is 32.9 Å². The van der Waals surface area contributed by atoms with E-state index < -0.39 is 10.0 Å². The maximum atomic E-state index is 12.5. The van der Waals surface area contributed by atoms with E-state index in [9.17, 15) is 8.42 Å². The highest BCUT2D eigenvalue weighted by Crippen LogP contribution is 2.26. The zero-order valence-electron chi connectivity index (χ0n) is 12.5. The van der Waals surface area contributed by atoms with Crippen molar-refractivity contribution in [3.05, 3.63) is 57.6 Å². The molecule has 0 aliphatic rings. The van der Waals surface area contributed by atoms with Gasteiger partial charge in [0.2, 0.25) is 0 Å². The van der Waals surface area contributed by atoms with Crippen molar-refractivity contribution in [2.45, 2.75) is 32.6 Å². The van der Waals surface area contributed by atoms with Gasteiger partial charge in [-0.3, -0.25) is 4.72 Å². The number of halogens is 1. The van der Waals surface area contributed by atoms with Crippen molar-refractivity contribution in [3.8, 4) is 0 Å². The van der Waals surface area contributed by atoms with Gasteiger partial charge in [0.1, 0.15) is 0 Å². The Morgan fingerprint density at radius 1 is 0.905 bits per heavy atom. The van der Waals surface area contributed by atoms with Crippen molar-refractivity contribution in [2.75, 3.05) is 4.72 Å². The van der Waals surface area contributed by atoms with Crippen LogP contribution in [0.2, 0.25) is 5.02 Å². The van der Waals surface area contributed by atoms with Gasteiger partial charge in [-0.2, -0.15) is 0 Å². The zero-order valence-corrected chi connectivity index (χ0v) is 14.1. The number of rotatable bonds is 3. The Hall–Kier alpha value is -1.52. The van der Waals surface area contributed by atoms with Gasteiger partial charge in [0.25, 0.3) is 10.0 Å². The third-order valence-electron chi connectivity index (χ3n) is 3.35. The van der Waals surface area contributed by atoms with Crippen LogP contribution >= 0.6 is 11.6 Å². The molecule has 0 unspecified atom stereocenters. The van der Waals surface area contributed by atoms with Crippen LogP contribution in [-0.2, 0) is 10.0 Å². The Bertz CT molecular complexity index is 775. The van der Waals surface area contributed by atoms with E-state index in [-0.39, 0.29) is 4.90 Å². The van der Waals surface area contributed by atoms with Gasteiger partial charge in [-0.15, -0.1) is 0 Å². The van der Waals surface area contributed by atoms with Crippen LogP contribution in [0.15, 0.2) is 35.2 Å². The Morgan fingerprint density at radius 2 is 1.48 bits per heavy atom. The predicted octanol–water partition coefficient (Wildman–Crippen LogP) is 4.37. The van der Waals surface area contributed by atoms with Gasteiger partial charge >= 0.3 is 0 Å². The number of hydrogen-bond donors (Lipinski definition) is 1.